The second-order valence-corrected chi connectivity index (χ2v) is 6.36. The first-order valence-electron chi connectivity index (χ1n) is 8.48. The molecule has 0 aromatic heterocycles. The van der Waals surface area contributed by atoms with Crippen LogP contribution in [0.4, 0.5) is 0 Å². The summed E-state index contributed by atoms with van der Waals surface area (Å²) in [6, 6.07) is 9.98. The Hall–Kier alpha value is -1.31. The minimum absolute atomic E-state index is 0.0437. The molecule has 2 rings (SSSR count). The molecule has 0 saturated heterocycles. The van der Waals surface area contributed by atoms with Gasteiger partial charge in [-0.15, -0.1) is 0 Å². The highest BCUT2D eigenvalue weighted by molar-refractivity contribution is 5.77. The maximum Gasteiger partial charge on any atom is 0.312 e. The van der Waals surface area contributed by atoms with Gasteiger partial charge in [0.2, 0.25) is 0 Å². The van der Waals surface area contributed by atoms with Gasteiger partial charge in [-0.1, -0.05) is 75.8 Å². The number of unbranched alkanes of at least 4 members (excludes halogenated alkanes) is 2. The fraction of sp³-hybridized carbons (Fsp3) is 0.632. The molecule has 0 bridgehead atoms. The lowest BCUT2D eigenvalue weighted by Gasteiger charge is -2.35. The van der Waals surface area contributed by atoms with Crippen LogP contribution in [0.1, 0.15) is 70.3 Å². The molecule has 2 heteroatoms. The zero-order valence-corrected chi connectivity index (χ0v) is 13.3. The molecule has 1 aliphatic carbocycles. The molecule has 1 aromatic carbocycles. The molecule has 0 aliphatic heterocycles. The highest BCUT2D eigenvalue weighted by Gasteiger charge is 2.40. The summed E-state index contributed by atoms with van der Waals surface area (Å²) in [6.07, 6.45) is 10.2. The van der Waals surface area contributed by atoms with E-state index in [1.54, 1.807) is 0 Å². The third-order valence-electron chi connectivity index (χ3n) is 4.72. The van der Waals surface area contributed by atoms with Crippen LogP contribution in [0.3, 0.4) is 0 Å². The van der Waals surface area contributed by atoms with E-state index in [1.807, 2.05) is 30.3 Å². The number of carbonyl (C=O) groups excluding carboxylic acids is 1. The molecule has 1 saturated carbocycles. The quantitative estimate of drug-likeness (QED) is 0.505. The van der Waals surface area contributed by atoms with Crippen molar-refractivity contribution in [1.82, 2.24) is 0 Å². The van der Waals surface area contributed by atoms with E-state index < -0.39 is 0 Å². The van der Waals surface area contributed by atoms with Crippen LogP contribution in [-0.2, 0) is 16.1 Å². The Balaban J connectivity index is 1.93. The molecule has 2 nitrogen and oxygen atoms in total. The second-order valence-electron chi connectivity index (χ2n) is 6.36. The maximum absolute atomic E-state index is 12.7. The fourth-order valence-electron chi connectivity index (χ4n) is 3.37. The van der Waals surface area contributed by atoms with Crippen molar-refractivity contribution in [1.29, 1.82) is 0 Å². The van der Waals surface area contributed by atoms with Gasteiger partial charge in [0.1, 0.15) is 6.61 Å². The Bertz CT molecular complexity index is 418. The van der Waals surface area contributed by atoms with Crippen LogP contribution in [-0.4, -0.2) is 5.97 Å². The number of ether oxygens (including phenoxy) is 1. The summed E-state index contributed by atoms with van der Waals surface area (Å²) >= 11 is 0. The lowest BCUT2D eigenvalue weighted by molar-refractivity contribution is -0.160. The van der Waals surface area contributed by atoms with Crippen molar-refractivity contribution in [3.05, 3.63) is 35.9 Å². The molecule has 0 atom stereocenters. The van der Waals surface area contributed by atoms with E-state index in [2.05, 4.69) is 6.92 Å². The molecule has 0 heterocycles. The topological polar surface area (TPSA) is 26.3 Å². The lowest BCUT2D eigenvalue weighted by Crippen LogP contribution is -2.35. The summed E-state index contributed by atoms with van der Waals surface area (Å²) in [7, 11) is 0. The van der Waals surface area contributed by atoms with Gasteiger partial charge in [0, 0.05) is 0 Å². The number of benzene rings is 1. The molecule has 0 spiro atoms. The maximum atomic E-state index is 12.7. The average molecular weight is 288 g/mol. The third-order valence-corrected chi connectivity index (χ3v) is 4.72. The highest BCUT2D eigenvalue weighted by atomic mass is 16.5. The summed E-state index contributed by atoms with van der Waals surface area (Å²) in [5, 5.41) is 0. The van der Waals surface area contributed by atoms with Crippen LogP contribution in [0.2, 0.25) is 0 Å². The normalized spacial score (nSPS) is 17.4. The van der Waals surface area contributed by atoms with Crippen LogP contribution >= 0.6 is 0 Å². The number of hydrogen-bond donors (Lipinski definition) is 0. The van der Waals surface area contributed by atoms with Crippen LogP contribution in [0.25, 0.3) is 0 Å². The van der Waals surface area contributed by atoms with Crippen molar-refractivity contribution in [2.75, 3.05) is 0 Å². The van der Waals surface area contributed by atoms with Gasteiger partial charge in [-0.05, 0) is 24.8 Å². The van der Waals surface area contributed by atoms with E-state index in [0.29, 0.717) is 6.61 Å². The molecular formula is C19H28O2. The molecule has 21 heavy (non-hydrogen) atoms. The van der Waals surface area contributed by atoms with Gasteiger partial charge in [0.25, 0.3) is 0 Å². The molecular weight excluding hydrogens is 260 g/mol. The first-order chi connectivity index (χ1) is 10.3. The van der Waals surface area contributed by atoms with Gasteiger partial charge in [-0.2, -0.15) is 0 Å². The molecule has 0 unspecified atom stereocenters. The van der Waals surface area contributed by atoms with Gasteiger partial charge < -0.3 is 4.74 Å². The highest BCUT2D eigenvalue weighted by Crippen LogP contribution is 2.42. The summed E-state index contributed by atoms with van der Waals surface area (Å²) in [5.74, 6) is 0.0437. The largest absolute Gasteiger partial charge is 0.460 e. The van der Waals surface area contributed by atoms with E-state index in [9.17, 15) is 4.79 Å². The first kappa shape index (κ1) is 16.1. The molecule has 0 radical (unpaired) electrons. The molecule has 1 fully saturated rings. The van der Waals surface area contributed by atoms with Crippen molar-refractivity contribution in [3.8, 4) is 0 Å². The van der Waals surface area contributed by atoms with Crippen molar-refractivity contribution >= 4 is 5.97 Å². The number of hydrogen-bond acceptors (Lipinski definition) is 2. The van der Waals surface area contributed by atoms with Crippen LogP contribution < -0.4 is 0 Å². The zero-order chi connectivity index (χ0) is 15.0. The lowest BCUT2D eigenvalue weighted by atomic mass is 9.71. The smallest absolute Gasteiger partial charge is 0.312 e. The van der Waals surface area contributed by atoms with E-state index in [0.717, 1.165) is 31.2 Å². The van der Waals surface area contributed by atoms with Gasteiger partial charge in [-0.3, -0.25) is 4.79 Å². The summed E-state index contributed by atoms with van der Waals surface area (Å²) in [5.41, 5.74) is 0.882. The molecule has 0 amide bonds. The van der Waals surface area contributed by atoms with E-state index >= 15 is 0 Å². The number of carbonyl (C=O) groups is 1. The van der Waals surface area contributed by atoms with Crippen molar-refractivity contribution in [3.63, 3.8) is 0 Å². The predicted octanol–water partition coefficient (Wildman–Crippen LogP) is 5.26. The standard InChI is InChI=1S/C19H28O2/c1-2-3-8-13-19(14-9-5-10-15-19)18(20)21-16-17-11-6-4-7-12-17/h4,6-7,11-12H,2-3,5,8-10,13-16H2,1H3. The summed E-state index contributed by atoms with van der Waals surface area (Å²) in [6.45, 7) is 2.62. The SMILES string of the molecule is CCCCCC1(C(=O)OCc2ccccc2)CCCCC1. The minimum Gasteiger partial charge on any atom is -0.460 e. The first-order valence-corrected chi connectivity index (χ1v) is 8.48. The van der Waals surface area contributed by atoms with Crippen LogP contribution in [0, 0.1) is 5.41 Å². The average Bonchev–Trinajstić information content (AvgIpc) is 2.55. The van der Waals surface area contributed by atoms with Crippen molar-refractivity contribution in [2.45, 2.75) is 71.3 Å². The monoisotopic (exact) mass is 288 g/mol. The molecule has 116 valence electrons. The van der Waals surface area contributed by atoms with Crippen molar-refractivity contribution < 1.29 is 9.53 Å². The van der Waals surface area contributed by atoms with Crippen molar-refractivity contribution in [2.24, 2.45) is 5.41 Å². The van der Waals surface area contributed by atoms with Gasteiger partial charge >= 0.3 is 5.97 Å². The van der Waals surface area contributed by atoms with E-state index in [1.165, 1.54) is 32.1 Å². The number of esters is 1. The fourth-order valence-corrected chi connectivity index (χ4v) is 3.37. The van der Waals surface area contributed by atoms with Gasteiger partial charge in [0.15, 0.2) is 0 Å². The Morgan fingerprint density at radius 1 is 1.10 bits per heavy atom. The zero-order valence-electron chi connectivity index (χ0n) is 13.3. The molecule has 1 aliphatic rings. The van der Waals surface area contributed by atoms with Crippen LogP contribution in [0.5, 0.6) is 0 Å². The number of rotatable bonds is 7. The Kier molecular flexibility index (Phi) is 6.28. The summed E-state index contributed by atoms with van der Waals surface area (Å²) < 4.78 is 5.66. The van der Waals surface area contributed by atoms with Crippen LogP contribution in [0.15, 0.2) is 30.3 Å². The molecule has 0 N–H and O–H groups in total. The van der Waals surface area contributed by atoms with Gasteiger partial charge in [0.05, 0.1) is 5.41 Å². The minimum atomic E-state index is -0.192. The van der Waals surface area contributed by atoms with E-state index in [-0.39, 0.29) is 11.4 Å². The predicted molar refractivity (Wildman–Crippen MR) is 85.9 cm³/mol. The van der Waals surface area contributed by atoms with Gasteiger partial charge in [-0.25, -0.2) is 0 Å². The Labute approximate surface area is 128 Å². The second kappa shape index (κ2) is 8.21. The Morgan fingerprint density at radius 3 is 2.48 bits per heavy atom. The molecule has 1 aromatic rings. The third kappa shape index (κ3) is 4.59. The summed E-state index contributed by atoms with van der Waals surface area (Å²) in [4.78, 5) is 12.7. The van der Waals surface area contributed by atoms with E-state index in [4.69, 9.17) is 4.74 Å². The Morgan fingerprint density at radius 2 is 1.81 bits per heavy atom.